The van der Waals surface area contributed by atoms with Crippen molar-refractivity contribution in [3.63, 3.8) is 0 Å². The molecule has 0 saturated carbocycles. The minimum Gasteiger partial charge on any atom is -0.383 e. The summed E-state index contributed by atoms with van der Waals surface area (Å²) in [5, 5.41) is 9.99. The van der Waals surface area contributed by atoms with Crippen LogP contribution in [0.3, 0.4) is 0 Å². The Labute approximate surface area is 167 Å². The molecule has 0 bridgehead atoms. The van der Waals surface area contributed by atoms with Gasteiger partial charge in [-0.25, -0.2) is 0 Å². The van der Waals surface area contributed by atoms with Crippen LogP contribution >= 0.6 is 0 Å². The predicted octanol–water partition coefficient (Wildman–Crippen LogP) is 2.12. The highest BCUT2D eigenvalue weighted by molar-refractivity contribution is 5.82. The summed E-state index contributed by atoms with van der Waals surface area (Å²) in [5.41, 5.74) is 2.65. The van der Waals surface area contributed by atoms with Crippen LogP contribution in [0.2, 0.25) is 0 Å². The smallest absolute Gasteiger partial charge is 0.251 e. The van der Waals surface area contributed by atoms with Crippen LogP contribution in [0.5, 0.6) is 0 Å². The van der Waals surface area contributed by atoms with E-state index in [0.29, 0.717) is 17.7 Å². The van der Waals surface area contributed by atoms with E-state index in [9.17, 15) is 14.7 Å². The molecule has 2 saturated heterocycles. The number of amides is 2. The van der Waals surface area contributed by atoms with Crippen LogP contribution in [0.4, 0.5) is 0 Å². The highest BCUT2D eigenvalue weighted by Crippen LogP contribution is 2.34. The maximum absolute atomic E-state index is 13.1. The molecule has 1 aromatic carbocycles. The first-order valence-electron chi connectivity index (χ1n) is 10.8. The molecule has 2 amide bonds. The molecule has 152 valence electrons. The van der Waals surface area contributed by atoms with E-state index in [0.717, 1.165) is 51.9 Å². The molecule has 3 aliphatic rings. The Hall–Kier alpha value is -1.88. The number of benzene rings is 1. The van der Waals surface area contributed by atoms with E-state index in [1.165, 1.54) is 11.1 Å². The first-order chi connectivity index (χ1) is 13.4. The van der Waals surface area contributed by atoms with Crippen molar-refractivity contribution in [1.29, 1.82) is 0 Å². The number of hydrogen-bond donors (Lipinski definition) is 1. The lowest BCUT2D eigenvalue weighted by Crippen LogP contribution is -2.58. The summed E-state index contributed by atoms with van der Waals surface area (Å²) in [7, 11) is 0. The molecule has 2 aliphatic heterocycles. The van der Waals surface area contributed by atoms with Gasteiger partial charge in [-0.3, -0.25) is 9.59 Å². The van der Waals surface area contributed by atoms with Crippen molar-refractivity contribution in [3.8, 4) is 0 Å². The van der Waals surface area contributed by atoms with Gasteiger partial charge in [0.1, 0.15) is 6.10 Å². The molecule has 5 heteroatoms. The molecule has 4 rings (SSSR count). The number of aliphatic hydroxyl groups is 1. The molecule has 2 atom stereocenters. The molecule has 0 radical (unpaired) electrons. The normalized spacial score (nSPS) is 24.2. The van der Waals surface area contributed by atoms with Crippen molar-refractivity contribution in [2.75, 3.05) is 26.2 Å². The fourth-order valence-electron chi connectivity index (χ4n) is 5.05. The highest BCUT2D eigenvalue weighted by atomic mass is 16.3. The predicted molar refractivity (Wildman–Crippen MR) is 108 cm³/mol. The molecule has 0 aromatic heterocycles. The van der Waals surface area contributed by atoms with E-state index < -0.39 is 6.10 Å². The summed E-state index contributed by atoms with van der Waals surface area (Å²) < 4.78 is 0. The van der Waals surface area contributed by atoms with E-state index in [2.05, 4.69) is 29.2 Å². The standard InChI is InChI=1S/C23H32N2O3/c1-15(2)21(26)23(28)25-13-20(14-25)18-8-5-9-24(12-18)22(27)19-10-16-6-3-4-7-17(16)11-19/h3-4,6-7,15,18-21,26H,5,8-14H2,1-2H3/t18?,21-/m1/s1. The van der Waals surface area contributed by atoms with Crippen molar-refractivity contribution in [2.45, 2.75) is 45.6 Å². The number of carbonyl (C=O) groups is 2. The van der Waals surface area contributed by atoms with Crippen LogP contribution in [-0.4, -0.2) is 59.0 Å². The fourth-order valence-corrected chi connectivity index (χ4v) is 5.05. The van der Waals surface area contributed by atoms with E-state index in [1.54, 1.807) is 4.90 Å². The summed E-state index contributed by atoms with van der Waals surface area (Å²) in [5.74, 6) is 1.14. The second-order valence-electron chi connectivity index (χ2n) is 9.25. The van der Waals surface area contributed by atoms with Gasteiger partial charge in [0, 0.05) is 32.1 Å². The van der Waals surface area contributed by atoms with Gasteiger partial charge in [-0.05, 0) is 54.6 Å². The maximum Gasteiger partial charge on any atom is 0.251 e. The lowest BCUT2D eigenvalue weighted by Gasteiger charge is -2.47. The molecule has 0 spiro atoms. The number of nitrogens with zero attached hydrogens (tertiary/aromatic N) is 2. The fraction of sp³-hybridized carbons (Fsp3) is 0.652. The topological polar surface area (TPSA) is 60.9 Å². The quantitative estimate of drug-likeness (QED) is 0.865. The number of likely N-dealkylation sites (tertiary alicyclic amines) is 2. The molecule has 2 heterocycles. The van der Waals surface area contributed by atoms with Gasteiger partial charge in [-0.15, -0.1) is 0 Å². The molecule has 5 nitrogen and oxygen atoms in total. The van der Waals surface area contributed by atoms with E-state index in [4.69, 9.17) is 0 Å². The van der Waals surface area contributed by atoms with Gasteiger partial charge in [-0.2, -0.15) is 0 Å². The Bertz CT molecular complexity index is 716. The number of carbonyl (C=O) groups excluding carboxylic acids is 2. The summed E-state index contributed by atoms with van der Waals surface area (Å²) in [4.78, 5) is 29.2. The minimum absolute atomic E-state index is 0.0510. The van der Waals surface area contributed by atoms with E-state index in [1.807, 2.05) is 13.8 Å². The van der Waals surface area contributed by atoms with Crippen LogP contribution in [0.1, 0.15) is 37.8 Å². The molecule has 2 fully saturated rings. The lowest BCUT2D eigenvalue weighted by molar-refractivity contribution is -0.152. The third kappa shape index (κ3) is 3.69. The monoisotopic (exact) mass is 384 g/mol. The Morgan fingerprint density at radius 3 is 2.21 bits per heavy atom. The van der Waals surface area contributed by atoms with Crippen molar-refractivity contribution in [3.05, 3.63) is 35.4 Å². The van der Waals surface area contributed by atoms with E-state index >= 15 is 0 Å². The van der Waals surface area contributed by atoms with Crippen LogP contribution in [0, 0.1) is 23.7 Å². The second-order valence-corrected chi connectivity index (χ2v) is 9.25. The molecule has 1 aromatic rings. The van der Waals surface area contributed by atoms with Gasteiger partial charge >= 0.3 is 0 Å². The zero-order valence-electron chi connectivity index (χ0n) is 17.0. The Morgan fingerprint density at radius 2 is 1.61 bits per heavy atom. The van der Waals surface area contributed by atoms with Gasteiger partial charge in [0.25, 0.3) is 5.91 Å². The SMILES string of the molecule is CC(C)[C@@H](O)C(=O)N1CC(C2CCCN(C(=O)C3Cc4ccccc4C3)C2)C1. The van der Waals surface area contributed by atoms with Crippen LogP contribution in [-0.2, 0) is 22.4 Å². The number of piperidine rings is 1. The molecular formula is C23H32N2O3. The number of fused-ring (bicyclic) bond motifs is 1. The molecule has 1 N–H and O–H groups in total. The van der Waals surface area contributed by atoms with Crippen molar-refractivity contribution < 1.29 is 14.7 Å². The maximum atomic E-state index is 13.1. The molecular weight excluding hydrogens is 352 g/mol. The van der Waals surface area contributed by atoms with Crippen molar-refractivity contribution >= 4 is 11.8 Å². The largest absolute Gasteiger partial charge is 0.383 e. The Kier molecular flexibility index (Phi) is 5.46. The Morgan fingerprint density at radius 1 is 1.00 bits per heavy atom. The number of aliphatic hydroxyl groups excluding tert-OH is 1. The number of hydrogen-bond acceptors (Lipinski definition) is 3. The molecule has 28 heavy (non-hydrogen) atoms. The Balaban J connectivity index is 1.30. The summed E-state index contributed by atoms with van der Waals surface area (Å²) in [6.45, 7) is 6.88. The van der Waals surface area contributed by atoms with Gasteiger partial charge in [0.2, 0.25) is 5.91 Å². The van der Waals surface area contributed by atoms with Crippen LogP contribution in [0.15, 0.2) is 24.3 Å². The third-order valence-corrected chi connectivity index (χ3v) is 6.94. The number of rotatable bonds is 4. The first-order valence-corrected chi connectivity index (χ1v) is 10.8. The van der Waals surface area contributed by atoms with Gasteiger partial charge in [0.05, 0.1) is 0 Å². The van der Waals surface area contributed by atoms with Gasteiger partial charge in [0.15, 0.2) is 0 Å². The first kappa shape index (κ1) is 19.4. The van der Waals surface area contributed by atoms with Crippen molar-refractivity contribution in [2.24, 2.45) is 23.7 Å². The lowest BCUT2D eigenvalue weighted by atomic mass is 9.80. The average Bonchev–Trinajstić information content (AvgIpc) is 3.09. The highest BCUT2D eigenvalue weighted by Gasteiger charge is 2.41. The summed E-state index contributed by atoms with van der Waals surface area (Å²) >= 11 is 0. The minimum atomic E-state index is -0.894. The van der Waals surface area contributed by atoms with Crippen molar-refractivity contribution in [1.82, 2.24) is 9.80 Å². The zero-order chi connectivity index (χ0) is 19.8. The van der Waals surface area contributed by atoms with Crippen LogP contribution < -0.4 is 0 Å². The van der Waals surface area contributed by atoms with Crippen LogP contribution in [0.25, 0.3) is 0 Å². The zero-order valence-corrected chi connectivity index (χ0v) is 17.0. The van der Waals surface area contributed by atoms with Gasteiger partial charge in [-0.1, -0.05) is 38.1 Å². The molecule has 1 unspecified atom stereocenters. The third-order valence-electron chi connectivity index (χ3n) is 6.94. The average molecular weight is 385 g/mol. The van der Waals surface area contributed by atoms with Gasteiger partial charge < -0.3 is 14.9 Å². The second kappa shape index (κ2) is 7.86. The molecule has 1 aliphatic carbocycles. The summed E-state index contributed by atoms with van der Waals surface area (Å²) in [6, 6.07) is 8.41. The summed E-state index contributed by atoms with van der Waals surface area (Å²) in [6.07, 6.45) is 3.03. The van der Waals surface area contributed by atoms with E-state index in [-0.39, 0.29) is 17.7 Å².